The lowest BCUT2D eigenvalue weighted by atomic mass is 9.79. The van der Waals surface area contributed by atoms with Crippen molar-refractivity contribution < 1.29 is 4.74 Å². The van der Waals surface area contributed by atoms with E-state index in [1.807, 2.05) is 7.11 Å². The van der Waals surface area contributed by atoms with Gasteiger partial charge in [-0.25, -0.2) is 0 Å². The van der Waals surface area contributed by atoms with Crippen LogP contribution in [0.15, 0.2) is 0 Å². The Bertz CT molecular complexity index is 243. The Hall–Kier alpha value is -0.120. The van der Waals surface area contributed by atoms with E-state index in [0.717, 1.165) is 12.5 Å². The molecule has 1 aliphatic carbocycles. The summed E-state index contributed by atoms with van der Waals surface area (Å²) in [6.07, 6.45) is 11.0. The maximum Gasteiger partial charge on any atom is 0.0491 e. The van der Waals surface area contributed by atoms with E-state index < -0.39 is 0 Å². The Balaban J connectivity index is 1.70. The van der Waals surface area contributed by atoms with E-state index in [2.05, 4.69) is 17.3 Å². The van der Waals surface area contributed by atoms with Crippen LogP contribution in [0.2, 0.25) is 0 Å². The first-order valence-corrected chi connectivity index (χ1v) is 8.18. The van der Waals surface area contributed by atoms with Crippen molar-refractivity contribution in [3.05, 3.63) is 0 Å². The van der Waals surface area contributed by atoms with Crippen molar-refractivity contribution in [3.63, 3.8) is 0 Å². The van der Waals surface area contributed by atoms with E-state index in [1.54, 1.807) is 0 Å². The molecule has 1 aliphatic heterocycles. The third kappa shape index (κ3) is 4.44. The van der Waals surface area contributed by atoms with Gasteiger partial charge >= 0.3 is 0 Å². The first-order chi connectivity index (χ1) is 9.28. The lowest BCUT2D eigenvalue weighted by molar-refractivity contribution is 0.0917. The molecule has 2 aliphatic rings. The smallest absolute Gasteiger partial charge is 0.0491 e. The molecule has 0 aromatic heterocycles. The molecule has 3 heteroatoms. The van der Waals surface area contributed by atoms with E-state index in [4.69, 9.17) is 4.74 Å². The van der Waals surface area contributed by atoms with Gasteiger partial charge in [0.1, 0.15) is 0 Å². The van der Waals surface area contributed by atoms with Gasteiger partial charge in [-0.2, -0.15) is 0 Å². The zero-order chi connectivity index (χ0) is 13.6. The molecule has 0 spiro atoms. The van der Waals surface area contributed by atoms with Gasteiger partial charge in [0.15, 0.2) is 0 Å². The molecular formula is C16H32N2O. The number of ether oxygens (including phenoxy) is 1. The number of likely N-dealkylation sites (tertiary alicyclic amines) is 1. The molecule has 1 saturated carbocycles. The molecule has 3 nitrogen and oxygen atoms in total. The summed E-state index contributed by atoms with van der Waals surface area (Å²) in [4.78, 5) is 2.67. The van der Waals surface area contributed by atoms with Gasteiger partial charge in [-0.15, -0.1) is 0 Å². The average Bonchev–Trinajstić information content (AvgIpc) is 2.48. The van der Waals surface area contributed by atoms with Gasteiger partial charge in [0.05, 0.1) is 0 Å². The minimum atomic E-state index is 0.446. The number of piperidine rings is 1. The minimum Gasteiger partial charge on any atom is -0.384 e. The summed E-state index contributed by atoms with van der Waals surface area (Å²) in [5.41, 5.74) is 0.446. The Morgan fingerprint density at radius 1 is 1.16 bits per heavy atom. The van der Waals surface area contributed by atoms with E-state index in [0.29, 0.717) is 5.54 Å². The van der Waals surface area contributed by atoms with Crippen LogP contribution in [0.3, 0.4) is 0 Å². The van der Waals surface area contributed by atoms with Crippen LogP contribution >= 0.6 is 0 Å². The van der Waals surface area contributed by atoms with Crippen molar-refractivity contribution in [2.45, 2.75) is 56.9 Å². The van der Waals surface area contributed by atoms with E-state index in [-0.39, 0.29) is 0 Å². The Morgan fingerprint density at radius 3 is 2.42 bits per heavy atom. The van der Waals surface area contributed by atoms with E-state index >= 15 is 0 Å². The molecule has 1 saturated heterocycles. The highest BCUT2D eigenvalue weighted by Gasteiger charge is 2.30. The summed E-state index contributed by atoms with van der Waals surface area (Å²) in [6, 6.07) is 0. The van der Waals surface area contributed by atoms with E-state index in [9.17, 15) is 0 Å². The fourth-order valence-corrected chi connectivity index (χ4v) is 3.84. The second-order valence-electron chi connectivity index (χ2n) is 6.58. The summed E-state index contributed by atoms with van der Waals surface area (Å²) < 4.78 is 5.28. The first kappa shape index (κ1) is 15.3. The van der Waals surface area contributed by atoms with Crippen LogP contribution in [0.1, 0.15) is 51.4 Å². The van der Waals surface area contributed by atoms with Crippen molar-refractivity contribution in [1.29, 1.82) is 0 Å². The maximum absolute atomic E-state index is 5.28. The number of methoxy groups -OCH3 is 1. The van der Waals surface area contributed by atoms with Crippen LogP contribution in [0.25, 0.3) is 0 Å². The quantitative estimate of drug-likeness (QED) is 0.801. The van der Waals surface area contributed by atoms with Crippen molar-refractivity contribution in [1.82, 2.24) is 10.2 Å². The van der Waals surface area contributed by atoms with Gasteiger partial charge in [0.2, 0.25) is 0 Å². The van der Waals surface area contributed by atoms with E-state index in [1.165, 1.54) is 71.0 Å². The predicted molar refractivity (Wildman–Crippen MR) is 80.5 cm³/mol. The Morgan fingerprint density at radius 2 is 1.84 bits per heavy atom. The van der Waals surface area contributed by atoms with Crippen LogP contribution in [0, 0.1) is 5.92 Å². The fraction of sp³-hybridized carbons (Fsp3) is 1.00. The molecule has 0 atom stereocenters. The second-order valence-corrected chi connectivity index (χ2v) is 6.58. The molecule has 1 heterocycles. The number of hydrogen-bond acceptors (Lipinski definition) is 3. The third-order valence-electron chi connectivity index (χ3n) is 5.36. The lowest BCUT2D eigenvalue weighted by Gasteiger charge is -2.40. The van der Waals surface area contributed by atoms with Crippen molar-refractivity contribution in [2.75, 3.05) is 40.4 Å². The summed E-state index contributed by atoms with van der Waals surface area (Å²) >= 11 is 0. The topological polar surface area (TPSA) is 24.5 Å². The lowest BCUT2D eigenvalue weighted by Crippen LogP contribution is -2.48. The number of hydrogen-bond donors (Lipinski definition) is 1. The molecule has 19 heavy (non-hydrogen) atoms. The van der Waals surface area contributed by atoms with Crippen LogP contribution in [-0.4, -0.2) is 50.8 Å². The molecule has 0 amide bonds. The molecular weight excluding hydrogens is 236 g/mol. The number of rotatable bonds is 6. The summed E-state index contributed by atoms with van der Waals surface area (Å²) in [5, 5.41) is 3.64. The average molecular weight is 268 g/mol. The maximum atomic E-state index is 5.28. The molecule has 2 rings (SSSR count). The molecule has 112 valence electrons. The standard InChI is InChI=1S/C16H32N2O/c1-17-16(8-4-3-5-9-16)10-13-18-11-6-15(7-12-18)14-19-2/h15,17H,3-14H2,1-2H3. The second kappa shape index (κ2) is 7.61. The molecule has 0 bridgehead atoms. The van der Waals surface area contributed by atoms with Crippen LogP contribution in [0.5, 0.6) is 0 Å². The molecule has 0 unspecified atom stereocenters. The largest absolute Gasteiger partial charge is 0.384 e. The normalized spacial score (nSPS) is 25.6. The SMILES string of the molecule is CNC1(CCN2CCC(COC)CC2)CCCCC1. The van der Waals surface area contributed by atoms with Gasteiger partial charge in [0.25, 0.3) is 0 Å². The minimum absolute atomic E-state index is 0.446. The molecule has 0 aromatic rings. The molecule has 2 fully saturated rings. The van der Waals surface area contributed by atoms with Gasteiger partial charge in [0, 0.05) is 19.3 Å². The highest BCUT2D eigenvalue weighted by molar-refractivity contribution is 4.90. The monoisotopic (exact) mass is 268 g/mol. The molecule has 0 aromatic carbocycles. The fourth-order valence-electron chi connectivity index (χ4n) is 3.84. The summed E-state index contributed by atoms with van der Waals surface area (Å²) in [5.74, 6) is 0.800. The van der Waals surface area contributed by atoms with Crippen molar-refractivity contribution in [2.24, 2.45) is 5.92 Å². The zero-order valence-corrected chi connectivity index (χ0v) is 12.9. The summed E-state index contributed by atoms with van der Waals surface area (Å²) in [6.45, 7) is 4.77. The van der Waals surface area contributed by atoms with Gasteiger partial charge in [-0.05, 0) is 64.7 Å². The predicted octanol–water partition coefficient (Wildman–Crippen LogP) is 2.66. The molecule has 0 radical (unpaired) electrons. The highest BCUT2D eigenvalue weighted by atomic mass is 16.5. The Kier molecular flexibility index (Phi) is 6.11. The van der Waals surface area contributed by atoms with Crippen molar-refractivity contribution >= 4 is 0 Å². The number of nitrogens with one attached hydrogen (secondary N) is 1. The van der Waals surface area contributed by atoms with Gasteiger partial charge in [-0.3, -0.25) is 0 Å². The Labute approximate surface area is 119 Å². The van der Waals surface area contributed by atoms with Gasteiger partial charge < -0.3 is 15.0 Å². The highest BCUT2D eigenvalue weighted by Crippen LogP contribution is 2.31. The van der Waals surface area contributed by atoms with Gasteiger partial charge in [-0.1, -0.05) is 19.3 Å². The summed E-state index contributed by atoms with van der Waals surface area (Å²) in [7, 11) is 3.99. The first-order valence-electron chi connectivity index (χ1n) is 8.18. The van der Waals surface area contributed by atoms with Crippen LogP contribution in [-0.2, 0) is 4.74 Å². The third-order valence-corrected chi connectivity index (χ3v) is 5.36. The van der Waals surface area contributed by atoms with Crippen LogP contribution in [0.4, 0.5) is 0 Å². The van der Waals surface area contributed by atoms with Crippen molar-refractivity contribution in [3.8, 4) is 0 Å². The number of nitrogens with zero attached hydrogens (tertiary/aromatic N) is 1. The zero-order valence-electron chi connectivity index (χ0n) is 12.9. The molecule has 1 N–H and O–H groups in total. The van der Waals surface area contributed by atoms with Crippen LogP contribution < -0.4 is 5.32 Å².